The van der Waals surface area contributed by atoms with Crippen LogP contribution in [0.3, 0.4) is 0 Å². The largest absolute Gasteiger partial charge is 0.389 e. The van der Waals surface area contributed by atoms with E-state index in [1.807, 2.05) is 11.8 Å². The summed E-state index contributed by atoms with van der Waals surface area (Å²) >= 11 is 1.81. The van der Waals surface area contributed by atoms with Crippen molar-refractivity contribution in [1.82, 2.24) is 5.32 Å². The van der Waals surface area contributed by atoms with Gasteiger partial charge in [0, 0.05) is 25.4 Å². The fourth-order valence-electron chi connectivity index (χ4n) is 1.71. The number of nitrogens with one attached hydrogen (secondary N) is 1. The SMILES string of the molecule is CCCCCCCCOCC(O)CNCCSC. The fourth-order valence-corrected chi connectivity index (χ4v) is 2.05. The number of hydrogen-bond donors (Lipinski definition) is 2. The average Bonchev–Trinajstić information content (AvgIpc) is 2.38. The van der Waals surface area contributed by atoms with Gasteiger partial charge >= 0.3 is 0 Å². The third kappa shape index (κ3) is 14.3. The molecular weight excluding hydrogens is 246 g/mol. The highest BCUT2D eigenvalue weighted by Gasteiger charge is 2.02. The minimum absolute atomic E-state index is 0.369. The average molecular weight is 277 g/mol. The molecule has 110 valence electrons. The third-order valence-electron chi connectivity index (χ3n) is 2.82. The molecule has 3 nitrogen and oxygen atoms in total. The van der Waals surface area contributed by atoms with Crippen molar-refractivity contribution in [2.24, 2.45) is 0 Å². The summed E-state index contributed by atoms with van der Waals surface area (Å²) in [6, 6.07) is 0. The number of rotatable bonds is 14. The van der Waals surface area contributed by atoms with Crippen molar-refractivity contribution in [3.05, 3.63) is 0 Å². The van der Waals surface area contributed by atoms with Crippen LogP contribution in [0.4, 0.5) is 0 Å². The molecule has 0 aromatic heterocycles. The van der Waals surface area contributed by atoms with E-state index in [9.17, 15) is 5.11 Å². The van der Waals surface area contributed by atoms with Crippen molar-refractivity contribution < 1.29 is 9.84 Å². The lowest BCUT2D eigenvalue weighted by Gasteiger charge is -2.12. The molecule has 0 bridgehead atoms. The van der Waals surface area contributed by atoms with Gasteiger partial charge in [-0.05, 0) is 12.7 Å². The van der Waals surface area contributed by atoms with Crippen LogP contribution in [-0.4, -0.2) is 49.5 Å². The summed E-state index contributed by atoms with van der Waals surface area (Å²) in [5.74, 6) is 1.09. The summed E-state index contributed by atoms with van der Waals surface area (Å²) in [5.41, 5.74) is 0. The molecule has 0 aliphatic heterocycles. The molecule has 0 aromatic rings. The predicted octanol–water partition coefficient (Wildman–Crippen LogP) is 2.68. The monoisotopic (exact) mass is 277 g/mol. The van der Waals surface area contributed by atoms with Crippen LogP contribution >= 0.6 is 11.8 Å². The van der Waals surface area contributed by atoms with Crippen molar-refractivity contribution in [3.8, 4) is 0 Å². The first kappa shape index (κ1) is 18.2. The number of ether oxygens (including phenoxy) is 1. The van der Waals surface area contributed by atoms with Crippen LogP contribution in [0.2, 0.25) is 0 Å². The molecule has 4 heteroatoms. The van der Waals surface area contributed by atoms with Crippen molar-refractivity contribution in [2.45, 2.75) is 51.6 Å². The summed E-state index contributed by atoms with van der Waals surface area (Å²) in [5, 5.41) is 12.8. The molecule has 0 spiro atoms. The van der Waals surface area contributed by atoms with E-state index in [0.29, 0.717) is 13.2 Å². The highest BCUT2D eigenvalue weighted by atomic mass is 32.2. The van der Waals surface area contributed by atoms with Crippen molar-refractivity contribution >= 4 is 11.8 Å². The van der Waals surface area contributed by atoms with E-state index in [1.54, 1.807) is 0 Å². The van der Waals surface area contributed by atoms with E-state index in [1.165, 1.54) is 32.1 Å². The van der Waals surface area contributed by atoms with E-state index in [2.05, 4.69) is 18.5 Å². The Morgan fingerprint density at radius 1 is 1.17 bits per heavy atom. The third-order valence-corrected chi connectivity index (χ3v) is 3.43. The zero-order valence-corrected chi connectivity index (χ0v) is 12.9. The quantitative estimate of drug-likeness (QED) is 0.479. The first-order valence-electron chi connectivity index (χ1n) is 7.26. The Morgan fingerprint density at radius 2 is 1.89 bits per heavy atom. The summed E-state index contributed by atoms with van der Waals surface area (Å²) in [4.78, 5) is 0. The Morgan fingerprint density at radius 3 is 2.61 bits per heavy atom. The zero-order chi connectivity index (χ0) is 13.5. The van der Waals surface area contributed by atoms with Crippen LogP contribution in [0.5, 0.6) is 0 Å². The molecule has 0 saturated heterocycles. The van der Waals surface area contributed by atoms with Gasteiger partial charge in [0.15, 0.2) is 0 Å². The Balaban J connectivity index is 3.08. The van der Waals surface area contributed by atoms with Crippen molar-refractivity contribution in [1.29, 1.82) is 0 Å². The van der Waals surface area contributed by atoms with E-state index >= 15 is 0 Å². The number of unbranched alkanes of at least 4 members (excludes halogenated alkanes) is 5. The fraction of sp³-hybridized carbons (Fsp3) is 1.00. The maximum atomic E-state index is 9.63. The van der Waals surface area contributed by atoms with Crippen molar-refractivity contribution in [3.63, 3.8) is 0 Å². The van der Waals surface area contributed by atoms with E-state index in [4.69, 9.17) is 4.74 Å². The molecule has 2 N–H and O–H groups in total. The van der Waals surface area contributed by atoms with Gasteiger partial charge in [-0.2, -0.15) is 11.8 Å². The van der Waals surface area contributed by atoms with E-state index < -0.39 is 0 Å². The predicted molar refractivity (Wildman–Crippen MR) is 81.5 cm³/mol. The Kier molecular flexibility index (Phi) is 15.5. The van der Waals surface area contributed by atoms with Gasteiger partial charge in [0.2, 0.25) is 0 Å². The van der Waals surface area contributed by atoms with Gasteiger partial charge in [-0.15, -0.1) is 0 Å². The van der Waals surface area contributed by atoms with Crippen LogP contribution in [-0.2, 0) is 4.74 Å². The van der Waals surface area contributed by atoms with Gasteiger partial charge in [-0.25, -0.2) is 0 Å². The first-order chi connectivity index (χ1) is 8.81. The minimum Gasteiger partial charge on any atom is -0.389 e. The van der Waals surface area contributed by atoms with Gasteiger partial charge in [0.25, 0.3) is 0 Å². The van der Waals surface area contributed by atoms with Crippen LogP contribution in [0.15, 0.2) is 0 Å². The molecule has 0 amide bonds. The van der Waals surface area contributed by atoms with Crippen LogP contribution in [0.25, 0.3) is 0 Å². The molecule has 0 fully saturated rings. The minimum atomic E-state index is -0.369. The molecule has 1 atom stereocenters. The van der Waals surface area contributed by atoms with Gasteiger partial charge in [0.05, 0.1) is 12.7 Å². The summed E-state index contributed by atoms with van der Waals surface area (Å²) in [7, 11) is 0. The maximum absolute atomic E-state index is 9.63. The first-order valence-corrected chi connectivity index (χ1v) is 8.66. The topological polar surface area (TPSA) is 41.5 Å². The Hall–Kier alpha value is 0.230. The Labute approximate surface area is 117 Å². The second-order valence-electron chi connectivity index (χ2n) is 4.69. The Bertz CT molecular complexity index is 159. The molecule has 0 heterocycles. The normalized spacial score (nSPS) is 12.8. The molecule has 0 rings (SSSR count). The van der Waals surface area contributed by atoms with E-state index in [-0.39, 0.29) is 6.10 Å². The van der Waals surface area contributed by atoms with Crippen molar-refractivity contribution in [2.75, 3.05) is 38.3 Å². The van der Waals surface area contributed by atoms with Crippen LogP contribution in [0, 0.1) is 0 Å². The second kappa shape index (κ2) is 15.3. The number of aliphatic hydroxyl groups excluding tert-OH is 1. The molecule has 0 aromatic carbocycles. The van der Waals surface area contributed by atoms with Gasteiger partial charge in [-0.1, -0.05) is 39.0 Å². The molecule has 0 saturated carbocycles. The molecule has 0 aliphatic carbocycles. The highest BCUT2D eigenvalue weighted by molar-refractivity contribution is 7.98. The summed E-state index contributed by atoms with van der Waals surface area (Å²) in [6.07, 6.45) is 9.40. The van der Waals surface area contributed by atoms with E-state index in [0.717, 1.165) is 25.3 Å². The highest BCUT2D eigenvalue weighted by Crippen LogP contribution is 2.04. The lowest BCUT2D eigenvalue weighted by atomic mass is 10.1. The smallest absolute Gasteiger partial charge is 0.0897 e. The van der Waals surface area contributed by atoms with Crippen LogP contribution < -0.4 is 5.32 Å². The second-order valence-corrected chi connectivity index (χ2v) is 5.68. The zero-order valence-electron chi connectivity index (χ0n) is 12.1. The summed E-state index contributed by atoms with van der Waals surface area (Å²) in [6.45, 7) is 5.07. The number of aliphatic hydroxyl groups is 1. The van der Waals surface area contributed by atoms with Gasteiger partial charge < -0.3 is 15.2 Å². The molecule has 0 radical (unpaired) electrons. The van der Waals surface area contributed by atoms with Gasteiger partial charge in [-0.3, -0.25) is 0 Å². The molecule has 18 heavy (non-hydrogen) atoms. The lowest BCUT2D eigenvalue weighted by Crippen LogP contribution is -2.31. The van der Waals surface area contributed by atoms with Gasteiger partial charge in [0.1, 0.15) is 0 Å². The maximum Gasteiger partial charge on any atom is 0.0897 e. The molecule has 1 unspecified atom stereocenters. The molecule has 0 aliphatic rings. The lowest BCUT2D eigenvalue weighted by molar-refractivity contribution is 0.0357. The number of hydrogen-bond acceptors (Lipinski definition) is 4. The molecular formula is C14H31NO2S. The summed E-state index contributed by atoms with van der Waals surface area (Å²) < 4.78 is 5.46. The standard InChI is InChI=1S/C14H31NO2S/c1-3-4-5-6-7-8-10-17-13-14(16)12-15-9-11-18-2/h14-16H,3-13H2,1-2H3. The number of thioether (sulfide) groups is 1. The van der Waals surface area contributed by atoms with Crippen LogP contribution in [0.1, 0.15) is 45.4 Å².